The number of benzene rings is 1. The highest BCUT2D eigenvalue weighted by atomic mass is 16.5. The summed E-state index contributed by atoms with van der Waals surface area (Å²) in [5, 5.41) is 8.98. The normalized spacial score (nSPS) is 12.6. The first-order chi connectivity index (χ1) is 9.28. The molecule has 1 aromatic rings. The molecule has 1 aromatic carbocycles. The van der Waals surface area contributed by atoms with Gasteiger partial charge in [0.2, 0.25) is 0 Å². The second-order valence-electron chi connectivity index (χ2n) is 6.76. The highest BCUT2D eigenvalue weighted by Crippen LogP contribution is 2.38. The lowest BCUT2D eigenvalue weighted by Gasteiger charge is -2.30. The quantitative estimate of drug-likeness (QED) is 0.799. The number of aliphatic hydroxyl groups is 1. The van der Waals surface area contributed by atoms with Crippen LogP contribution >= 0.6 is 0 Å². The third-order valence-corrected chi connectivity index (χ3v) is 4.61. The summed E-state index contributed by atoms with van der Waals surface area (Å²) < 4.78 is 5.73. The zero-order chi connectivity index (χ0) is 15.4. The zero-order valence-corrected chi connectivity index (χ0v) is 13.9. The summed E-state index contributed by atoms with van der Waals surface area (Å²) >= 11 is 0. The molecule has 2 heteroatoms. The zero-order valence-electron chi connectivity index (χ0n) is 13.9. The fraction of sp³-hybridized carbons (Fsp3) is 0.667. The lowest BCUT2D eigenvalue weighted by Crippen LogP contribution is -2.21. The van der Waals surface area contributed by atoms with Crippen LogP contribution in [-0.4, -0.2) is 18.3 Å². The maximum Gasteiger partial charge on any atom is 0.123 e. The van der Waals surface area contributed by atoms with Crippen LogP contribution in [0.25, 0.3) is 0 Å². The highest BCUT2D eigenvalue weighted by molar-refractivity contribution is 5.44. The Morgan fingerprint density at radius 2 is 1.60 bits per heavy atom. The summed E-state index contributed by atoms with van der Waals surface area (Å²) in [6, 6.07) is 6.51. The molecule has 2 nitrogen and oxygen atoms in total. The number of aliphatic hydroxyl groups excluding tert-OH is 1. The molecular formula is C18H30O2. The molecule has 0 spiro atoms. The van der Waals surface area contributed by atoms with E-state index in [1.54, 1.807) is 0 Å². The van der Waals surface area contributed by atoms with Gasteiger partial charge >= 0.3 is 0 Å². The molecule has 0 heterocycles. The lowest BCUT2D eigenvalue weighted by molar-refractivity contribution is 0.198. The van der Waals surface area contributed by atoms with Gasteiger partial charge in [-0.2, -0.15) is 0 Å². The summed E-state index contributed by atoms with van der Waals surface area (Å²) in [5.74, 6) is 0.904. The van der Waals surface area contributed by atoms with E-state index in [4.69, 9.17) is 9.84 Å². The Labute approximate surface area is 124 Å². The molecule has 0 bridgehead atoms. The van der Waals surface area contributed by atoms with E-state index in [0.717, 1.165) is 18.6 Å². The van der Waals surface area contributed by atoms with Crippen molar-refractivity contribution in [2.24, 2.45) is 0 Å². The number of ether oxygens (including phenoxy) is 1. The van der Waals surface area contributed by atoms with Crippen molar-refractivity contribution in [1.29, 1.82) is 0 Å². The Kier molecular flexibility index (Phi) is 5.64. The molecule has 0 amide bonds. The van der Waals surface area contributed by atoms with Crippen molar-refractivity contribution in [3.8, 4) is 5.75 Å². The predicted octanol–water partition coefficient (Wildman–Crippen LogP) is 4.43. The number of rotatable bonds is 7. The van der Waals surface area contributed by atoms with Crippen LogP contribution in [0.3, 0.4) is 0 Å². The smallest absolute Gasteiger partial charge is 0.123 e. The summed E-state index contributed by atoms with van der Waals surface area (Å²) in [6.07, 6.45) is 2.16. The predicted molar refractivity (Wildman–Crippen MR) is 85.7 cm³/mol. The maximum atomic E-state index is 8.98. The van der Waals surface area contributed by atoms with Crippen LogP contribution in [-0.2, 0) is 10.8 Å². The average Bonchev–Trinajstić information content (AvgIpc) is 2.44. The molecular weight excluding hydrogens is 248 g/mol. The van der Waals surface area contributed by atoms with E-state index in [1.165, 1.54) is 11.1 Å². The fourth-order valence-corrected chi connectivity index (χ4v) is 2.16. The topological polar surface area (TPSA) is 29.5 Å². The molecule has 0 aliphatic heterocycles. The molecule has 0 atom stereocenters. The van der Waals surface area contributed by atoms with E-state index in [1.807, 2.05) is 0 Å². The summed E-state index contributed by atoms with van der Waals surface area (Å²) in [5.41, 5.74) is 2.85. The second-order valence-corrected chi connectivity index (χ2v) is 6.76. The van der Waals surface area contributed by atoms with Crippen LogP contribution in [0.4, 0.5) is 0 Å². The van der Waals surface area contributed by atoms with Gasteiger partial charge in [-0.1, -0.05) is 53.7 Å². The Bertz CT molecular complexity index is 433. The molecule has 0 radical (unpaired) electrons. The SMILES string of the molecule is CCC(C)(C)c1ccc(OCCO)c(C(C)(C)CC)c1. The molecule has 114 valence electrons. The number of hydrogen-bond donors (Lipinski definition) is 1. The van der Waals surface area contributed by atoms with Gasteiger partial charge in [0.15, 0.2) is 0 Å². The van der Waals surface area contributed by atoms with Gasteiger partial charge in [-0.05, 0) is 35.3 Å². The van der Waals surface area contributed by atoms with Crippen molar-refractivity contribution in [1.82, 2.24) is 0 Å². The average molecular weight is 278 g/mol. The van der Waals surface area contributed by atoms with Crippen molar-refractivity contribution in [2.75, 3.05) is 13.2 Å². The van der Waals surface area contributed by atoms with Crippen LogP contribution in [0, 0.1) is 0 Å². The van der Waals surface area contributed by atoms with Crippen LogP contribution in [0.1, 0.15) is 65.5 Å². The van der Waals surface area contributed by atoms with Gasteiger partial charge in [0.1, 0.15) is 12.4 Å². The van der Waals surface area contributed by atoms with Crippen molar-refractivity contribution in [2.45, 2.75) is 65.2 Å². The van der Waals surface area contributed by atoms with E-state index in [-0.39, 0.29) is 17.4 Å². The maximum absolute atomic E-state index is 8.98. The molecule has 0 aromatic heterocycles. The first-order valence-corrected chi connectivity index (χ1v) is 7.67. The first kappa shape index (κ1) is 17.0. The van der Waals surface area contributed by atoms with Gasteiger partial charge in [0.25, 0.3) is 0 Å². The van der Waals surface area contributed by atoms with Gasteiger partial charge in [-0.3, -0.25) is 0 Å². The van der Waals surface area contributed by atoms with Crippen LogP contribution in [0.5, 0.6) is 5.75 Å². The third-order valence-electron chi connectivity index (χ3n) is 4.61. The van der Waals surface area contributed by atoms with E-state index < -0.39 is 0 Å². The Balaban J connectivity index is 3.29. The van der Waals surface area contributed by atoms with Gasteiger partial charge in [0, 0.05) is 5.56 Å². The van der Waals surface area contributed by atoms with Crippen LogP contribution in [0.15, 0.2) is 18.2 Å². The summed E-state index contributed by atoms with van der Waals surface area (Å²) in [6.45, 7) is 13.9. The van der Waals surface area contributed by atoms with E-state index >= 15 is 0 Å². The first-order valence-electron chi connectivity index (χ1n) is 7.67. The molecule has 0 unspecified atom stereocenters. The van der Waals surface area contributed by atoms with Gasteiger partial charge < -0.3 is 9.84 Å². The Hall–Kier alpha value is -1.02. The van der Waals surface area contributed by atoms with E-state index in [9.17, 15) is 0 Å². The molecule has 0 aliphatic carbocycles. The molecule has 0 saturated carbocycles. The van der Waals surface area contributed by atoms with Gasteiger partial charge in [-0.15, -0.1) is 0 Å². The van der Waals surface area contributed by atoms with E-state index in [0.29, 0.717) is 6.61 Å². The minimum absolute atomic E-state index is 0.0498. The molecule has 1 N–H and O–H groups in total. The fourth-order valence-electron chi connectivity index (χ4n) is 2.16. The van der Waals surface area contributed by atoms with Crippen molar-refractivity contribution < 1.29 is 9.84 Å². The Morgan fingerprint density at radius 3 is 2.10 bits per heavy atom. The van der Waals surface area contributed by atoms with Crippen molar-refractivity contribution >= 4 is 0 Å². The Morgan fingerprint density at radius 1 is 1.00 bits per heavy atom. The van der Waals surface area contributed by atoms with Crippen LogP contribution in [0.2, 0.25) is 0 Å². The van der Waals surface area contributed by atoms with Crippen molar-refractivity contribution in [3.05, 3.63) is 29.3 Å². The molecule has 0 saturated heterocycles. The van der Waals surface area contributed by atoms with Gasteiger partial charge in [-0.25, -0.2) is 0 Å². The monoisotopic (exact) mass is 278 g/mol. The minimum atomic E-state index is 0.0498. The third kappa shape index (κ3) is 3.76. The van der Waals surface area contributed by atoms with E-state index in [2.05, 4.69) is 59.7 Å². The summed E-state index contributed by atoms with van der Waals surface area (Å²) in [4.78, 5) is 0. The largest absolute Gasteiger partial charge is 0.491 e. The summed E-state index contributed by atoms with van der Waals surface area (Å²) in [7, 11) is 0. The van der Waals surface area contributed by atoms with Crippen molar-refractivity contribution in [3.63, 3.8) is 0 Å². The molecule has 0 fully saturated rings. The highest BCUT2D eigenvalue weighted by Gasteiger charge is 2.26. The van der Waals surface area contributed by atoms with Gasteiger partial charge in [0.05, 0.1) is 6.61 Å². The standard InChI is InChI=1S/C18H30O2/c1-7-17(3,4)14-9-10-16(20-12-11-19)15(13-14)18(5,6)8-2/h9-10,13,19H,7-8,11-12H2,1-6H3. The minimum Gasteiger partial charge on any atom is -0.491 e. The van der Waals surface area contributed by atoms with Crippen LogP contribution < -0.4 is 4.74 Å². The molecule has 20 heavy (non-hydrogen) atoms. The molecule has 0 aliphatic rings. The number of hydrogen-bond acceptors (Lipinski definition) is 2. The second kappa shape index (κ2) is 6.62. The molecule has 1 rings (SSSR count). The lowest BCUT2D eigenvalue weighted by atomic mass is 9.76.